The summed E-state index contributed by atoms with van der Waals surface area (Å²) >= 11 is 1.58. The van der Waals surface area contributed by atoms with Crippen molar-refractivity contribution in [3.8, 4) is 0 Å². The fourth-order valence-corrected chi connectivity index (χ4v) is 2.11. The van der Waals surface area contributed by atoms with Gasteiger partial charge in [-0.15, -0.1) is 0 Å². The zero-order chi connectivity index (χ0) is 12.8. The SMILES string of the molecule is C=C(C)SC(=C)N(C)/C(=C\C)c1cccnc1. The highest BCUT2D eigenvalue weighted by Crippen LogP contribution is 2.29. The monoisotopic (exact) mass is 246 g/mol. The molecule has 0 N–H and O–H groups in total. The first-order valence-electron chi connectivity index (χ1n) is 5.39. The van der Waals surface area contributed by atoms with Gasteiger partial charge >= 0.3 is 0 Å². The average molecular weight is 246 g/mol. The second kappa shape index (κ2) is 6.30. The quantitative estimate of drug-likeness (QED) is 0.777. The summed E-state index contributed by atoms with van der Waals surface area (Å²) in [6.07, 6.45) is 5.68. The van der Waals surface area contributed by atoms with Crippen LogP contribution in [0.25, 0.3) is 5.70 Å². The predicted octanol–water partition coefficient (Wildman–Crippen LogP) is 4.11. The van der Waals surface area contributed by atoms with Gasteiger partial charge in [-0.05, 0) is 30.9 Å². The van der Waals surface area contributed by atoms with E-state index in [2.05, 4.69) is 29.1 Å². The number of allylic oxidation sites excluding steroid dienone is 2. The van der Waals surface area contributed by atoms with E-state index in [1.807, 2.05) is 39.2 Å². The molecule has 2 nitrogen and oxygen atoms in total. The molecule has 1 aromatic heterocycles. The maximum absolute atomic E-state index is 4.13. The third-order valence-electron chi connectivity index (χ3n) is 2.26. The van der Waals surface area contributed by atoms with Crippen molar-refractivity contribution in [2.75, 3.05) is 7.05 Å². The maximum atomic E-state index is 4.13. The lowest BCUT2D eigenvalue weighted by Crippen LogP contribution is -2.13. The summed E-state index contributed by atoms with van der Waals surface area (Å²) in [6, 6.07) is 3.97. The van der Waals surface area contributed by atoms with Crippen molar-refractivity contribution in [2.45, 2.75) is 13.8 Å². The van der Waals surface area contributed by atoms with Crippen LogP contribution in [0.15, 0.2) is 53.7 Å². The van der Waals surface area contributed by atoms with E-state index in [4.69, 9.17) is 0 Å². The van der Waals surface area contributed by atoms with Gasteiger partial charge in [-0.3, -0.25) is 4.98 Å². The summed E-state index contributed by atoms with van der Waals surface area (Å²) in [5.74, 6) is 0. The van der Waals surface area contributed by atoms with E-state index in [0.717, 1.165) is 21.2 Å². The highest BCUT2D eigenvalue weighted by molar-refractivity contribution is 8.06. The van der Waals surface area contributed by atoms with Crippen molar-refractivity contribution < 1.29 is 0 Å². The standard InChI is InChI=1S/C14H18N2S/c1-6-14(13-8-7-9-15-10-13)16(5)12(4)17-11(2)3/h6-10H,2,4H2,1,3,5H3/b14-6-. The molecule has 90 valence electrons. The third kappa shape index (κ3) is 3.79. The molecule has 1 aromatic rings. The molecule has 0 saturated heterocycles. The second-order valence-corrected chi connectivity index (χ2v) is 5.04. The summed E-state index contributed by atoms with van der Waals surface area (Å²) < 4.78 is 0. The largest absolute Gasteiger partial charge is 0.339 e. The number of thioether (sulfide) groups is 1. The lowest BCUT2D eigenvalue weighted by molar-refractivity contribution is 0.641. The number of nitrogens with zero attached hydrogens (tertiary/aromatic N) is 2. The second-order valence-electron chi connectivity index (χ2n) is 3.67. The van der Waals surface area contributed by atoms with Gasteiger partial charge in [0.25, 0.3) is 0 Å². The van der Waals surface area contributed by atoms with Crippen LogP contribution in [0.1, 0.15) is 19.4 Å². The molecule has 0 fully saturated rings. The molecule has 0 unspecified atom stereocenters. The number of hydrogen-bond acceptors (Lipinski definition) is 3. The lowest BCUT2D eigenvalue weighted by atomic mass is 10.2. The smallest absolute Gasteiger partial charge is 0.0721 e. The van der Waals surface area contributed by atoms with E-state index in [0.29, 0.717) is 0 Å². The Hall–Kier alpha value is -1.48. The molecule has 0 aliphatic carbocycles. The minimum absolute atomic E-state index is 0.953. The molecule has 0 aliphatic heterocycles. The van der Waals surface area contributed by atoms with Crippen molar-refractivity contribution in [1.82, 2.24) is 9.88 Å². The first kappa shape index (κ1) is 13.6. The zero-order valence-corrected chi connectivity index (χ0v) is 11.4. The minimum atomic E-state index is 0.953. The average Bonchev–Trinajstić information content (AvgIpc) is 2.30. The Balaban J connectivity index is 2.90. The van der Waals surface area contributed by atoms with Gasteiger partial charge in [-0.2, -0.15) is 0 Å². The molecule has 3 heteroatoms. The first-order chi connectivity index (χ1) is 8.06. The molecule has 0 atom stereocenters. The Bertz CT molecular complexity index is 435. The Kier molecular flexibility index (Phi) is 5.04. The number of rotatable bonds is 5. The topological polar surface area (TPSA) is 16.1 Å². The Morgan fingerprint density at radius 2 is 2.18 bits per heavy atom. The van der Waals surface area contributed by atoms with Crippen LogP contribution in [-0.2, 0) is 0 Å². The van der Waals surface area contributed by atoms with Crippen LogP contribution in [0.5, 0.6) is 0 Å². The van der Waals surface area contributed by atoms with Crippen molar-refractivity contribution in [3.63, 3.8) is 0 Å². The molecule has 0 bridgehead atoms. The molecule has 0 aromatic carbocycles. The van der Waals surface area contributed by atoms with Gasteiger partial charge in [-0.25, -0.2) is 0 Å². The molecule has 0 saturated carbocycles. The highest BCUT2D eigenvalue weighted by atomic mass is 32.2. The Morgan fingerprint density at radius 3 is 2.65 bits per heavy atom. The number of aromatic nitrogens is 1. The molecule has 17 heavy (non-hydrogen) atoms. The van der Waals surface area contributed by atoms with Crippen molar-refractivity contribution in [3.05, 3.63) is 59.3 Å². The predicted molar refractivity (Wildman–Crippen MR) is 77.2 cm³/mol. The fraction of sp³-hybridized carbons (Fsp3) is 0.214. The first-order valence-corrected chi connectivity index (χ1v) is 6.20. The molecule has 0 spiro atoms. The van der Waals surface area contributed by atoms with E-state index in [1.165, 1.54) is 0 Å². The molecule has 0 aliphatic rings. The fourth-order valence-electron chi connectivity index (χ4n) is 1.47. The van der Waals surface area contributed by atoms with Gasteiger partial charge in [0.15, 0.2) is 0 Å². The normalized spacial score (nSPS) is 11.1. The summed E-state index contributed by atoms with van der Waals surface area (Å²) in [7, 11) is 2.00. The van der Waals surface area contributed by atoms with Gasteiger partial charge in [-0.1, -0.05) is 31.0 Å². The Morgan fingerprint density at radius 1 is 1.47 bits per heavy atom. The molecular formula is C14H18N2S. The third-order valence-corrected chi connectivity index (χ3v) is 3.12. The van der Waals surface area contributed by atoms with Crippen LogP contribution >= 0.6 is 11.8 Å². The molecular weight excluding hydrogens is 228 g/mol. The van der Waals surface area contributed by atoms with E-state index in [1.54, 1.807) is 18.0 Å². The van der Waals surface area contributed by atoms with Gasteiger partial charge < -0.3 is 4.90 Å². The van der Waals surface area contributed by atoms with Gasteiger partial charge in [0.05, 0.1) is 5.03 Å². The van der Waals surface area contributed by atoms with Crippen molar-refractivity contribution in [1.29, 1.82) is 0 Å². The van der Waals surface area contributed by atoms with Crippen LogP contribution in [0, 0.1) is 0 Å². The lowest BCUT2D eigenvalue weighted by Gasteiger charge is -2.24. The van der Waals surface area contributed by atoms with E-state index < -0.39 is 0 Å². The summed E-state index contributed by atoms with van der Waals surface area (Å²) in [4.78, 5) is 7.22. The van der Waals surface area contributed by atoms with E-state index >= 15 is 0 Å². The zero-order valence-electron chi connectivity index (χ0n) is 10.6. The molecule has 0 amide bonds. The number of pyridine rings is 1. The summed E-state index contributed by atoms with van der Waals surface area (Å²) in [5, 5.41) is 0.953. The maximum Gasteiger partial charge on any atom is 0.0721 e. The van der Waals surface area contributed by atoms with Crippen LogP contribution < -0.4 is 0 Å². The molecule has 1 heterocycles. The number of hydrogen-bond donors (Lipinski definition) is 0. The Labute approximate surface area is 108 Å². The van der Waals surface area contributed by atoms with Crippen LogP contribution in [0.3, 0.4) is 0 Å². The summed E-state index contributed by atoms with van der Waals surface area (Å²) in [5.41, 5.74) is 2.18. The van der Waals surface area contributed by atoms with Gasteiger partial charge in [0, 0.05) is 30.7 Å². The molecule has 1 rings (SSSR count). The van der Waals surface area contributed by atoms with E-state index in [-0.39, 0.29) is 0 Å². The highest BCUT2D eigenvalue weighted by Gasteiger charge is 2.10. The molecule has 0 radical (unpaired) electrons. The van der Waals surface area contributed by atoms with Crippen LogP contribution in [-0.4, -0.2) is 16.9 Å². The minimum Gasteiger partial charge on any atom is -0.339 e. The van der Waals surface area contributed by atoms with Gasteiger partial charge in [0.2, 0.25) is 0 Å². The van der Waals surface area contributed by atoms with Crippen molar-refractivity contribution in [2.24, 2.45) is 0 Å². The van der Waals surface area contributed by atoms with Gasteiger partial charge in [0.1, 0.15) is 0 Å². The van der Waals surface area contributed by atoms with Crippen LogP contribution in [0.4, 0.5) is 0 Å². The van der Waals surface area contributed by atoms with E-state index in [9.17, 15) is 0 Å². The van der Waals surface area contributed by atoms with Crippen molar-refractivity contribution >= 4 is 17.5 Å². The van der Waals surface area contributed by atoms with Crippen LogP contribution in [0.2, 0.25) is 0 Å². The summed E-state index contributed by atoms with van der Waals surface area (Å²) in [6.45, 7) is 11.9.